The van der Waals surface area contributed by atoms with Crippen LogP contribution >= 0.6 is 7.82 Å². The van der Waals surface area contributed by atoms with E-state index in [9.17, 15) is 14.5 Å². The molecule has 1 unspecified atom stereocenters. The van der Waals surface area contributed by atoms with Gasteiger partial charge in [0.2, 0.25) is 0 Å². The van der Waals surface area contributed by atoms with Crippen molar-refractivity contribution in [2.45, 2.75) is 32.5 Å². The number of likely N-dealkylation sites (N-methyl/N-ethyl adjacent to an activating group) is 1. The molecule has 0 fully saturated rings. The fourth-order valence-electron chi connectivity index (χ4n) is 4.59. The van der Waals surface area contributed by atoms with Crippen LogP contribution in [0, 0.1) is 0 Å². The normalized spacial score (nSPS) is 11.8. The molecule has 9 nitrogen and oxygen atoms in total. The second kappa shape index (κ2) is 17.3. The zero-order valence-corrected chi connectivity index (χ0v) is 27.5. The second-order valence-corrected chi connectivity index (χ2v) is 12.6. The molecule has 5 rings (SSSR count). The van der Waals surface area contributed by atoms with Gasteiger partial charge in [-0.1, -0.05) is 127 Å². The summed E-state index contributed by atoms with van der Waals surface area (Å²) >= 11 is 0. The van der Waals surface area contributed by atoms with E-state index in [1.54, 1.807) is 19.2 Å². The van der Waals surface area contributed by atoms with Gasteiger partial charge in [0.05, 0.1) is 25.9 Å². The first kappa shape index (κ1) is 34.4. The van der Waals surface area contributed by atoms with Crippen molar-refractivity contribution in [2.24, 2.45) is 0 Å². The van der Waals surface area contributed by atoms with Crippen molar-refractivity contribution in [3.63, 3.8) is 0 Å². The van der Waals surface area contributed by atoms with Crippen LogP contribution < -0.4 is 9.26 Å². The SMILES string of the molecule is CN(CC(O)c1ccc(OP(=O)(OCc2ccccc2)OCc2ccccc2)c(OCc2ccccc2)c1)C(=O)OCc1ccccc1. The molecule has 248 valence electrons. The number of carbonyl (C=O) groups excluding carboxylic acids is 1. The minimum absolute atomic E-state index is 0.0172. The molecule has 0 bridgehead atoms. The molecule has 0 radical (unpaired) electrons. The molecule has 0 saturated heterocycles. The van der Waals surface area contributed by atoms with Gasteiger partial charge < -0.3 is 24.0 Å². The van der Waals surface area contributed by atoms with Crippen LogP contribution in [-0.4, -0.2) is 29.7 Å². The third-order valence-corrected chi connectivity index (χ3v) is 8.54. The molecule has 1 N–H and O–H groups in total. The van der Waals surface area contributed by atoms with E-state index in [1.165, 1.54) is 11.0 Å². The molecule has 0 heterocycles. The van der Waals surface area contributed by atoms with Crippen LogP contribution in [0.3, 0.4) is 0 Å². The lowest BCUT2D eigenvalue weighted by atomic mass is 10.1. The van der Waals surface area contributed by atoms with Crippen LogP contribution in [0.5, 0.6) is 11.5 Å². The Morgan fingerprint density at radius 3 is 1.60 bits per heavy atom. The molecule has 0 aliphatic heterocycles. The monoisotopic (exact) mass is 667 g/mol. The molecule has 0 spiro atoms. The van der Waals surface area contributed by atoms with E-state index in [-0.39, 0.29) is 44.5 Å². The average molecular weight is 668 g/mol. The van der Waals surface area contributed by atoms with Crippen molar-refractivity contribution in [3.8, 4) is 11.5 Å². The molecule has 0 aromatic heterocycles. The predicted octanol–water partition coefficient (Wildman–Crippen LogP) is 8.49. The van der Waals surface area contributed by atoms with Gasteiger partial charge in [-0.3, -0.25) is 9.05 Å². The summed E-state index contributed by atoms with van der Waals surface area (Å²) < 4.78 is 43.3. The molecule has 5 aromatic rings. The van der Waals surface area contributed by atoms with Crippen molar-refractivity contribution in [1.82, 2.24) is 4.90 Å². The minimum Gasteiger partial charge on any atom is -0.485 e. The molecule has 10 heteroatoms. The van der Waals surface area contributed by atoms with E-state index in [4.69, 9.17) is 23.0 Å². The number of aliphatic hydroxyl groups excluding tert-OH is 1. The maximum Gasteiger partial charge on any atom is 0.530 e. The number of nitrogens with zero attached hydrogens (tertiary/aromatic N) is 1. The minimum atomic E-state index is -4.21. The number of carbonyl (C=O) groups is 1. The molecular weight excluding hydrogens is 629 g/mol. The number of hydrogen-bond donors (Lipinski definition) is 1. The molecule has 0 saturated carbocycles. The molecule has 5 aromatic carbocycles. The van der Waals surface area contributed by atoms with Crippen LogP contribution in [0.1, 0.15) is 33.9 Å². The summed E-state index contributed by atoms with van der Waals surface area (Å²) in [5.74, 6) is 0.304. The van der Waals surface area contributed by atoms with E-state index >= 15 is 0 Å². The number of amides is 1. The molecule has 1 atom stereocenters. The van der Waals surface area contributed by atoms with Gasteiger partial charge in [0.15, 0.2) is 11.5 Å². The van der Waals surface area contributed by atoms with Crippen molar-refractivity contribution < 1.29 is 37.5 Å². The van der Waals surface area contributed by atoms with Gasteiger partial charge in [-0.15, -0.1) is 0 Å². The summed E-state index contributed by atoms with van der Waals surface area (Å²) in [5, 5.41) is 11.1. The van der Waals surface area contributed by atoms with Gasteiger partial charge in [-0.25, -0.2) is 9.36 Å². The van der Waals surface area contributed by atoms with Gasteiger partial charge in [0.1, 0.15) is 13.2 Å². The van der Waals surface area contributed by atoms with Crippen LogP contribution in [0.2, 0.25) is 0 Å². The smallest absolute Gasteiger partial charge is 0.485 e. The Morgan fingerprint density at radius 2 is 1.10 bits per heavy atom. The Hall–Kier alpha value is -4.92. The Morgan fingerprint density at radius 1 is 0.646 bits per heavy atom. The number of hydrogen-bond acceptors (Lipinski definition) is 8. The Balaban J connectivity index is 1.34. The third-order valence-electron chi connectivity index (χ3n) is 7.23. The van der Waals surface area contributed by atoms with E-state index < -0.39 is 20.0 Å². The second-order valence-electron chi connectivity index (χ2n) is 11.0. The van der Waals surface area contributed by atoms with Crippen LogP contribution in [0.25, 0.3) is 0 Å². The number of benzene rings is 5. The summed E-state index contributed by atoms with van der Waals surface area (Å²) in [4.78, 5) is 13.9. The summed E-state index contributed by atoms with van der Waals surface area (Å²) in [6.07, 6.45) is -1.67. The van der Waals surface area contributed by atoms with Crippen molar-refractivity contribution in [1.29, 1.82) is 0 Å². The highest BCUT2D eigenvalue weighted by atomic mass is 31.2. The van der Waals surface area contributed by atoms with E-state index in [1.807, 2.05) is 121 Å². The molecular formula is C38H38NO8P. The summed E-state index contributed by atoms with van der Waals surface area (Å²) in [5.41, 5.74) is 3.76. The lowest BCUT2D eigenvalue weighted by Gasteiger charge is -2.23. The van der Waals surface area contributed by atoms with Crippen molar-refractivity contribution >= 4 is 13.9 Å². The fourth-order valence-corrected chi connectivity index (χ4v) is 5.78. The van der Waals surface area contributed by atoms with Gasteiger partial charge in [-0.2, -0.15) is 0 Å². The lowest BCUT2D eigenvalue weighted by Crippen LogP contribution is -2.31. The Kier molecular flexibility index (Phi) is 12.4. The first-order valence-corrected chi connectivity index (χ1v) is 16.9. The topological polar surface area (TPSA) is 104 Å². The van der Waals surface area contributed by atoms with Gasteiger partial charge in [0, 0.05) is 7.05 Å². The van der Waals surface area contributed by atoms with Crippen LogP contribution in [0.4, 0.5) is 4.79 Å². The summed E-state index contributed by atoms with van der Waals surface area (Å²) in [6.45, 7) is 0.197. The van der Waals surface area contributed by atoms with Crippen molar-refractivity contribution in [3.05, 3.63) is 167 Å². The highest BCUT2D eigenvalue weighted by molar-refractivity contribution is 7.48. The van der Waals surface area contributed by atoms with E-state index in [0.717, 1.165) is 22.3 Å². The highest BCUT2D eigenvalue weighted by Crippen LogP contribution is 2.53. The quantitative estimate of drug-likeness (QED) is 0.105. The van der Waals surface area contributed by atoms with E-state index in [2.05, 4.69) is 0 Å². The molecule has 0 aliphatic rings. The van der Waals surface area contributed by atoms with Crippen LogP contribution in [0.15, 0.2) is 140 Å². The summed E-state index contributed by atoms with van der Waals surface area (Å²) in [6, 6.07) is 42.2. The average Bonchev–Trinajstić information content (AvgIpc) is 3.13. The standard InChI is InChI=1S/C38H38NO8P/c1-39(38(41)44-27-31-16-8-3-9-17-31)25-35(40)34-22-23-36(37(24-34)43-26-30-14-6-2-7-15-30)47-48(42,45-28-32-18-10-4-11-19-32)46-29-33-20-12-5-13-21-33/h2-24,35,40H,25-29H2,1H3. The first-order chi connectivity index (χ1) is 23.4. The predicted molar refractivity (Wildman–Crippen MR) is 182 cm³/mol. The number of rotatable bonds is 16. The Bertz CT molecular complexity index is 1710. The number of ether oxygens (including phenoxy) is 2. The largest absolute Gasteiger partial charge is 0.530 e. The molecule has 1 amide bonds. The van der Waals surface area contributed by atoms with Gasteiger partial charge in [0.25, 0.3) is 0 Å². The highest BCUT2D eigenvalue weighted by Gasteiger charge is 2.31. The van der Waals surface area contributed by atoms with Gasteiger partial charge in [-0.05, 0) is 39.9 Å². The maximum atomic E-state index is 14.1. The van der Waals surface area contributed by atoms with Gasteiger partial charge >= 0.3 is 13.9 Å². The molecule has 48 heavy (non-hydrogen) atoms. The number of aliphatic hydroxyl groups is 1. The molecule has 0 aliphatic carbocycles. The third kappa shape index (κ3) is 10.6. The van der Waals surface area contributed by atoms with E-state index in [0.29, 0.717) is 5.56 Å². The zero-order valence-electron chi connectivity index (χ0n) is 26.6. The first-order valence-electron chi connectivity index (χ1n) is 15.4. The summed E-state index contributed by atoms with van der Waals surface area (Å²) in [7, 11) is -2.67. The lowest BCUT2D eigenvalue weighted by molar-refractivity contribution is 0.0786. The maximum absolute atomic E-state index is 14.1. The fraction of sp³-hybridized carbons (Fsp3) is 0.184. The number of phosphoric ester groups is 1. The number of phosphoric acid groups is 1. The Labute approximate surface area is 280 Å². The van der Waals surface area contributed by atoms with Crippen LogP contribution in [-0.2, 0) is 44.8 Å². The van der Waals surface area contributed by atoms with Crippen molar-refractivity contribution in [2.75, 3.05) is 13.6 Å². The zero-order chi connectivity index (χ0) is 33.6.